The molecule has 4 aliphatic carbocycles. The van der Waals surface area contributed by atoms with E-state index in [9.17, 15) is 14.4 Å². The molecule has 28 heavy (non-hydrogen) atoms. The number of hydrogen-bond acceptors (Lipinski definition) is 4. The second kappa shape index (κ2) is 6.67. The lowest BCUT2D eigenvalue weighted by Crippen LogP contribution is -2.46. The molecule has 4 nitrogen and oxygen atoms in total. The highest BCUT2D eigenvalue weighted by molar-refractivity contribution is 6.34. The van der Waals surface area contributed by atoms with E-state index in [0.717, 1.165) is 32.1 Å². The standard InChI is InChI=1S/C24H32O4/c1-5-28-22(27)21(26)20-14(2)12-19-17-7-6-15-13-16(25)8-10-23(15,3)18(17)9-11-24(19,20)4/h9,13-14,17,19-20H,5-8,10-12H2,1-4H3/t14-,17?,19?,20+,23-,24-/m0/s1. The van der Waals surface area contributed by atoms with Gasteiger partial charge in [0, 0.05) is 17.8 Å². The Bertz CT molecular complexity index is 790. The average Bonchev–Trinajstić information content (AvgIpc) is 2.92. The number of ketones is 2. The van der Waals surface area contributed by atoms with Crippen LogP contribution in [0.1, 0.15) is 66.2 Å². The molecule has 0 saturated heterocycles. The molecule has 4 rings (SSSR count). The van der Waals surface area contributed by atoms with Gasteiger partial charge in [0.25, 0.3) is 0 Å². The maximum atomic E-state index is 13.0. The summed E-state index contributed by atoms with van der Waals surface area (Å²) in [5, 5.41) is 0. The van der Waals surface area contributed by atoms with Crippen LogP contribution < -0.4 is 0 Å². The highest BCUT2D eigenvalue weighted by atomic mass is 16.5. The monoisotopic (exact) mass is 384 g/mol. The van der Waals surface area contributed by atoms with Crippen LogP contribution in [0.25, 0.3) is 0 Å². The number of carbonyl (C=O) groups excluding carboxylic acids is 3. The molecule has 4 aliphatic rings. The SMILES string of the molecule is CCOC(=O)C(=O)[C@H]1[C@@H](C)CC2C3CCC4=CC(=O)CC[C@]4(C)C3=CC[C@@]21C. The van der Waals surface area contributed by atoms with Gasteiger partial charge in [-0.1, -0.05) is 38.0 Å². The summed E-state index contributed by atoms with van der Waals surface area (Å²) in [6.07, 6.45) is 9.65. The van der Waals surface area contributed by atoms with Gasteiger partial charge in [-0.15, -0.1) is 0 Å². The molecule has 0 N–H and O–H groups in total. The molecule has 6 atom stereocenters. The van der Waals surface area contributed by atoms with Crippen molar-refractivity contribution in [3.05, 3.63) is 23.3 Å². The number of carbonyl (C=O) groups is 3. The van der Waals surface area contributed by atoms with Crippen molar-refractivity contribution in [3.63, 3.8) is 0 Å². The Balaban J connectivity index is 1.69. The summed E-state index contributed by atoms with van der Waals surface area (Å²) in [7, 11) is 0. The fourth-order valence-corrected chi connectivity index (χ4v) is 7.11. The maximum Gasteiger partial charge on any atom is 0.374 e. The summed E-state index contributed by atoms with van der Waals surface area (Å²) >= 11 is 0. The molecule has 0 spiro atoms. The Morgan fingerprint density at radius 2 is 2.00 bits per heavy atom. The van der Waals surface area contributed by atoms with Crippen LogP contribution in [0, 0.1) is 34.5 Å². The van der Waals surface area contributed by atoms with Crippen LogP contribution in [-0.2, 0) is 19.1 Å². The van der Waals surface area contributed by atoms with E-state index in [4.69, 9.17) is 4.74 Å². The first kappa shape index (κ1) is 19.6. The van der Waals surface area contributed by atoms with Gasteiger partial charge in [-0.2, -0.15) is 0 Å². The van der Waals surface area contributed by atoms with Crippen LogP contribution in [0.3, 0.4) is 0 Å². The van der Waals surface area contributed by atoms with Crippen LogP contribution in [0.15, 0.2) is 23.3 Å². The van der Waals surface area contributed by atoms with E-state index in [1.807, 2.05) is 6.08 Å². The summed E-state index contributed by atoms with van der Waals surface area (Å²) in [4.78, 5) is 37.1. The van der Waals surface area contributed by atoms with Crippen LogP contribution in [0.5, 0.6) is 0 Å². The average molecular weight is 385 g/mol. The largest absolute Gasteiger partial charge is 0.460 e. The molecule has 0 bridgehead atoms. The second-order valence-electron chi connectivity index (χ2n) is 9.86. The van der Waals surface area contributed by atoms with Gasteiger partial charge in [-0.3, -0.25) is 9.59 Å². The van der Waals surface area contributed by atoms with E-state index >= 15 is 0 Å². The molecule has 0 aromatic carbocycles. The highest BCUT2D eigenvalue weighted by Gasteiger charge is 2.60. The summed E-state index contributed by atoms with van der Waals surface area (Å²) in [5.74, 6) is 0.0780. The zero-order valence-corrected chi connectivity index (χ0v) is 17.5. The van der Waals surface area contributed by atoms with Gasteiger partial charge < -0.3 is 4.74 Å². The van der Waals surface area contributed by atoms with Crippen molar-refractivity contribution in [3.8, 4) is 0 Å². The number of ether oxygens (including phenoxy) is 1. The van der Waals surface area contributed by atoms with Crippen molar-refractivity contribution in [2.75, 3.05) is 6.61 Å². The molecule has 0 radical (unpaired) electrons. The lowest BCUT2D eigenvalue weighted by molar-refractivity contribution is -0.158. The van der Waals surface area contributed by atoms with Crippen molar-refractivity contribution in [1.82, 2.24) is 0 Å². The predicted octanol–water partition coefficient (Wildman–Crippen LogP) is 4.43. The molecule has 152 valence electrons. The summed E-state index contributed by atoms with van der Waals surface area (Å²) in [6, 6.07) is 0. The minimum absolute atomic E-state index is 0.00459. The Kier molecular flexibility index (Phi) is 4.67. The van der Waals surface area contributed by atoms with Crippen molar-refractivity contribution in [2.45, 2.75) is 66.2 Å². The number of hydrogen-bond donors (Lipinski definition) is 0. The maximum absolute atomic E-state index is 13.0. The topological polar surface area (TPSA) is 60.4 Å². The van der Waals surface area contributed by atoms with E-state index in [1.54, 1.807) is 6.92 Å². The minimum atomic E-state index is -0.664. The van der Waals surface area contributed by atoms with E-state index in [1.165, 1.54) is 11.1 Å². The van der Waals surface area contributed by atoms with Gasteiger partial charge in [0.2, 0.25) is 5.78 Å². The number of fused-ring (bicyclic) bond motifs is 5. The Labute approximate surface area is 167 Å². The van der Waals surface area contributed by atoms with Gasteiger partial charge >= 0.3 is 5.97 Å². The van der Waals surface area contributed by atoms with Crippen LogP contribution in [-0.4, -0.2) is 24.1 Å². The van der Waals surface area contributed by atoms with Crippen molar-refractivity contribution >= 4 is 17.5 Å². The number of allylic oxidation sites excluding steroid dienone is 4. The molecule has 0 aliphatic heterocycles. The summed E-state index contributed by atoms with van der Waals surface area (Å²) < 4.78 is 5.05. The second-order valence-corrected chi connectivity index (χ2v) is 9.86. The van der Waals surface area contributed by atoms with Gasteiger partial charge in [0.1, 0.15) is 0 Å². The van der Waals surface area contributed by atoms with E-state index in [2.05, 4.69) is 26.8 Å². The van der Waals surface area contributed by atoms with Gasteiger partial charge in [0.15, 0.2) is 5.78 Å². The van der Waals surface area contributed by atoms with Gasteiger partial charge in [-0.25, -0.2) is 4.79 Å². The van der Waals surface area contributed by atoms with E-state index in [-0.39, 0.29) is 40.8 Å². The third-order valence-corrected chi connectivity index (χ3v) is 8.44. The van der Waals surface area contributed by atoms with Crippen molar-refractivity contribution in [1.29, 1.82) is 0 Å². The lowest BCUT2D eigenvalue weighted by atomic mass is 9.51. The first-order chi connectivity index (χ1) is 13.2. The fraction of sp³-hybridized carbons (Fsp3) is 0.708. The van der Waals surface area contributed by atoms with Crippen LogP contribution in [0.2, 0.25) is 0 Å². The Morgan fingerprint density at radius 3 is 2.71 bits per heavy atom. The minimum Gasteiger partial charge on any atom is -0.460 e. The first-order valence-electron chi connectivity index (χ1n) is 10.9. The lowest BCUT2D eigenvalue weighted by Gasteiger charge is -2.53. The van der Waals surface area contributed by atoms with Gasteiger partial charge in [0.05, 0.1) is 6.61 Å². The Morgan fingerprint density at radius 1 is 1.25 bits per heavy atom. The van der Waals surface area contributed by atoms with Gasteiger partial charge in [-0.05, 0) is 68.3 Å². The predicted molar refractivity (Wildman–Crippen MR) is 106 cm³/mol. The molecule has 2 saturated carbocycles. The third-order valence-electron chi connectivity index (χ3n) is 8.44. The van der Waals surface area contributed by atoms with Crippen LogP contribution in [0.4, 0.5) is 0 Å². The zero-order valence-electron chi connectivity index (χ0n) is 17.5. The molecule has 0 amide bonds. The van der Waals surface area contributed by atoms with E-state index in [0.29, 0.717) is 18.3 Å². The zero-order chi connectivity index (χ0) is 20.3. The highest BCUT2D eigenvalue weighted by Crippen LogP contribution is 2.65. The molecular weight excluding hydrogens is 352 g/mol. The summed E-state index contributed by atoms with van der Waals surface area (Å²) in [6.45, 7) is 8.64. The first-order valence-corrected chi connectivity index (χ1v) is 10.9. The molecule has 0 heterocycles. The Hall–Kier alpha value is -1.71. The molecule has 2 fully saturated rings. The molecular formula is C24H32O4. The molecule has 2 unspecified atom stereocenters. The number of rotatable bonds is 3. The third kappa shape index (κ3) is 2.67. The quantitative estimate of drug-likeness (QED) is 0.410. The van der Waals surface area contributed by atoms with E-state index < -0.39 is 5.97 Å². The smallest absolute Gasteiger partial charge is 0.374 e. The molecule has 4 heteroatoms. The molecule has 0 aromatic rings. The van der Waals surface area contributed by atoms with Crippen LogP contribution >= 0.6 is 0 Å². The van der Waals surface area contributed by atoms with Crippen molar-refractivity contribution < 1.29 is 19.1 Å². The fourth-order valence-electron chi connectivity index (χ4n) is 7.11. The normalized spacial score (nSPS) is 41.9. The van der Waals surface area contributed by atoms with Crippen molar-refractivity contribution in [2.24, 2.45) is 34.5 Å². The number of Topliss-reactive ketones (excluding diaryl/α,β-unsaturated/α-hetero) is 1. The molecule has 0 aromatic heterocycles. The number of esters is 1. The summed E-state index contributed by atoms with van der Waals surface area (Å²) in [5.41, 5.74) is 2.63.